The number of rotatable bonds is 2. The van der Waals surface area contributed by atoms with Crippen molar-refractivity contribution < 1.29 is 8.81 Å². The van der Waals surface area contributed by atoms with Crippen LogP contribution in [0, 0.1) is 5.82 Å². The summed E-state index contributed by atoms with van der Waals surface area (Å²) in [7, 11) is 0. The number of hydrogen-bond donors (Lipinski definition) is 1. The Morgan fingerprint density at radius 2 is 1.95 bits per heavy atom. The Bertz CT molecular complexity index is 940. The second-order valence-corrected chi connectivity index (χ2v) is 5.88. The van der Waals surface area contributed by atoms with Gasteiger partial charge in [0.2, 0.25) is 0 Å². The lowest BCUT2D eigenvalue weighted by Gasteiger charge is -2.07. The minimum absolute atomic E-state index is 0.266. The predicted octanol–water partition coefficient (Wildman–Crippen LogP) is 4.83. The van der Waals surface area contributed by atoms with E-state index in [4.69, 9.17) is 10.2 Å². The first-order chi connectivity index (χ1) is 10.2. The number of benzene rings is 2. The molecule has 2 aromatic carbocycles. The molecule has 1 unspecified atom stereocenters. The van der Waals surface area contributed by atoms with Gasteiger partial charge in [-0.15, -0.1) is 11.3 Å². The van der Waals surface area contributed by atoms with Gasteiger partial charge in [-0.25, -0.2) is 4.39 Å². The summed E-state index contributed by atoms with van der Waals surface area (Å²) in [6, 6.07) is 14.4. The normalized spacial score (nSPS) is 13.0. The Morgan fingerprint density at radius 3 is 2.81 bits per heavy atom. The van der Waals surface area contributed by atoms with E-state index in [-0.39, 0.29) is 11.4 Å². The summed E-state index contributed by atoms with van der Waals surface area (Å²) in [6.07, 6.45) is 0. The van der Waals surface area contributed by atoms with Crippen molar-refractivity contribution in [3.63, 3.8) is 0 Å². The lowest BCUT2D eigenvalue weighted by molar-refractivity contribution is 0.503. The van der Waals surface area contributed by atoms with Gasteiger partial charge in [0.15, 0.2) is 11.4 Å². The van der Waals surface area contributed by atoms with Crippen LogP contribution in [0.3, 0.4) is 0 Å². The molecule has 0 fully saturated rings. The zero-order chi connectivity index (χ0) is 14.4. The molecule has 0 spiro atoms. The molecular weight excluding hydrogens is 285 g/mol. The van der Waals surface area contributed by atoms with Crippen molar-refractivity contribution >= 4 is 32.4 Å². The van der Waals surface area contributed by atoms with Crippen LogP contribution in [0.4, 0.5) is 4.39 Å². The van der Waals surface area contributed by atoms with Gasteiger partial charge in [0, 0.05) is 10.1 Å². The summed E-state index contributed by atoms with van der Waals surface area (Å²) in [5.41, 5.74) is 7.61. The summed E-state index contributed by atoms with van der Waals surface area (Å²) < 4.78 is 20.5. The molecule has 1 atom stereocenters. The van der Waals surface area contributed by atoms with Crippen molar-refractivity contribution in [3.8, 4) is 0 Å². The van der Waals surface area contributed by atoms with Crippen molar-refractivity contribution in [1.82, 2.24) is 0 Å². The van der Waals surface area contributed by atoms with E-state index in [9.17, 15) is 4.39 Å². The van der Waals surface area contributed by atoms with Gasteiger partial charge in [0.25, 0.3) is 0 Å². The van der Waals surface area contributed by atoms with Gasteiger partial charge in [0.05, 0.1) is 6.04 Å². The van der Waals surface area contributed by atoms with Gasteiger partial charge >= 0.3 is 0 Å². The number of fused-ring (bicyclic) bond motifs is 2. The molecule has 4 aromatic rings. The first-order valence-corrected chi connectivity index (χ1v) is 7.51. The lowest BCUT2D eigenvalue weighted by Crippen LogP contribution is -2.10. The van der Waals surface area contributed by atoms with E-state index in [1.165, 1.54) is 10.8 Å². The molecule has 0 aliphatic carbocycles. The van der Waals surface area contributed by atoms with Crippen LogP contribution in [0.5, 0.6) is 0 Å². The Morgan fingerprint density at radius 1 is 1.10 bits per heavy atom. The first kappa shape index (κ1) is 12.6. The number of furan rings is 1. The fourth-order valence-electron chi connectivity index (χ4n) is 2.59. The molecule has 2 nitrogen and oxygen atoms in total. The quantitative estimate of drug-likeness (QED) is 0.575. The fourth-order valence-corrected chi connectivity index (χ4v) is 3.59. The average molecular weight is 297 g/mol. The summed E-state index contributed by atoms with van der Waals surface area (Å²) in [5.74, 6) is 0.222. The molecule has 21 heavy (non-hydrogen) atoms. The number of hydrogen-bond acceptors (Lipinski definition) is 3. The molecule has 0 saturated heterocycles. The van der Waals surface area contributed by atoms with Gasteiger partial charge in [-0.3, -0.25) is 0 Å². The number of halogens is 1. The van der Waals surface area contributed by atoms with Gasteiger partial charge in [0.1, 0.15) is 5.76 Å². The van der Waals surface area contributed by atoms with E-state index in [1.807, 2.05) is 35.7 Å². The van der Waals surface area contributed by atoms with E-state index in [2.05, 4.69) is 6.07 Å². The fraction of sp³-hybridized carbons (Fsp3) is 0.0588. The van der Waals surface area contributed by atoms with Crippen LogP contribution in [0.15, 0.2) is 58.3 Å². The molecule has 104 valence electrons. The van der Waals surface area contributed by atoms with Gasteiger partial charge < -0.3 is 10.2 Å². The Hall–Kier alpha value is -2.17. The first-order valence-electron chi connectivity index (χ1n) is 6.64. The maximum Gasteiger partial charge on any atom is 0.169 e. The van der Waals surface area contributed by atoms with Gasteiger partial charge in [-0.05, 0) is 34.5 Å². The van der Waals surface area contributed by atoms with E-state index >= 15 is 0 Å². The highest BCUT2D eigenvalue weighted by Gasteiger charge is 2.18. The third-order valence-corrected chi connectivity index (χ3v) is 4.65. The van der Waals surface area contributed by atoms with Gasteiger partial charge in [-0.1, -0.05) is 30.3 Å². The van der Waals surface area contributed by atoms with E-state index < -0.39 is 6.04 Å². The van der Waals surface area contributed by atoms with Crippen LogP contribution >= 0.6 is 11.3 Å². The van der Waals surface area contributed by atoms with Crippen molar-refractivity contribution in [2.24, 2.45) is 5.73 Å². The second kappa shape index (κ2) is 4.69. The highest BCUT2D eigenvalue weighted by atomic mass is 32.1. The molecular formula is C17H12FNOS. The van der Waals surface area contributed by atoms with Crippen LogP contribution in [0.2, 0.25) is 0 Å². The molecule has 2 aromatic heterocycles. The minimum atomic E-state index is -0.395. The zero-order valence-electron chi connectivity index (χ0n) is 11.0. The van der Waals surface area contributed by atoms with Crippen LogP contribution in [0.25, 0.3) is 21.1 Å². The minimum Gasteiger partial charge on any atom is -0.456 e. The molecule has 2 heterocycles. The van der Waals surface area contributed by atoms with E-state index in [0.717, 1.165) is 16.3 Å². The molecule has 2 N–H and O–H groups in total. The molecule has 0 radical (unpaired) electrons. The molecule has 4 rings (SSSR count). The Kier molecular flexibility index (Phi) is 2.80. The van der Waals surface area contributed by atoms with Crippen molar-refractivity contribution in [1.29, 1.82) is 0 Å². The van der Waals surface area contributed by atoms with Crippen LogP contribution in [-0.4, -0.2) is 0 Å². The maximum atomic E-state index is 13.7. The van der Waals surface area contributed by atoms with E-state index in [1.54, 1.807) is 17.4 Å². The highest BCUT2D eigenvalue weighted by molar-refractivity contribution is 7.17. The Balaban J connectivity index is 1.86. The standard InChI is InChI=1S/C17H12FNOS/c18-13-6-3-4-10-8-14(20-17(10)13)16(19)12-9-21-15-7-2-1-5-11(12)15/h1-9,16H,19H2. The zero-order valence-corrected chi connectivity index (χ0v) is 11.9. The number of para-hydroxylation sites is 1. The van der Waals surface area contributed by atoms with Crippen molar-refractivity contribution in [2.75, 3.05) is 0 Å². The van der Waals surface area contributed by atoms with Crippen molar-refractivity contribution in [2.45, 2.75) is 6.04 Å². The highest BCUT2D eigenvalue weighted by Crippen LogP contribution is 2.34. The summed E-state index contributed by atoms with van der Waals surface area (Å²) >= 11 is 1.65. The molecule has 0 aliphatic heterocycles. The summed E-state index contributed by atoms with van der Waals surface area (Å²) in [4.78, 5) is 0. The van der Waals surface area contributed by atoms with Crippen LogP contribution < -0.4 is 5.73 Å². The summed E-state index contributed by atoms with van der Waals surface area (Å²) in [5, 5.41) is 3.90. The molecule has 0 aliphatic rings. The Labute approximate surface area is 124 Å². The maximum absolute atomic E-state index is 13.7. The topological polar surface area (TPSA) is 39.2 Å². The SMILES string of the molecule is NC(c1cc2cccc(F)c2o1)c1csc2ccccc12. The molecule has 0 bridgehead atoms. The van der Waals surface area contributed by atoms with Gasteiger partial charge in [-0.2, -0.15) is 0 Å². The second-order valence-electron chi connectivity index (χ2n) is 4.97. The third kappa shape index (κ3) is 1.95. The predicted molar refractivity (Wildman–Crippen MR) is 84.0 cm³/mol. The van der Waals surface area contributed by atoms with E-state index in [0.29, 0.717) is 5.76 Å². The lowest BCUT2D eigenvalue weighted by atomic mass is 10.0. The third-order valence-electron chi connectivity index (χ3n) is 3.67. The van der Waals surface area contributed by atoms with Crippen molar-refractivity contribution in [3.05, 3.63) is 71.1 Å². The summed E-state index contributed by atoms with van der Waals surface area (Å²) in [6.45, 7) is 0. The number of thiophene rings is 1. The van der Waals surface area contributed by atoms with Crippen LogP contribution in [0.1, 0.15) is 17.4 Å². The molecule has 0 amide bonds. The monoisotopic (exact) mass is 297 g/mol. The number of nitrogens with two attached hydrogens (primary N) is 1. The van der Waals surface area contributed by atoms with Crippen LogP contribution in [-0.2, 0) is 0 Å². The smallest absolute Gasteiger partial charge is 0.169 e. The largest absolute Gasteiger partial charge is 0.456 e. The average Bonchev–Trinajstić information content (AvgIpc) is 3.11. The molecule has 0 saturated carbocycles. The molecule has 4 heteroatoms.